The van der Waals surface area contributed by atoms with Crippen LogP contribution >= 0.6 is 0 Å². The molecule has 0 saturated heterocycles. The van der Waals surface area contributed by atoms with Crippen molar-refractivity contribution >= 4 is 54.3 Å². The van der Waals surface area contributed by atoms with E-state index in [1.807, 2.05) is 0 Å². The molecule has 9 rings (SSSR count). The molecule has 206 valence electrons. The fraction of sp³-hybridized carbons (Fsp3) is 0.0233. The number of furan rings is 1. The summed E-state index contributed by atoms with van der Waals surface area (Å²) in [4.78, 5) is 0. The van der Waals surface area contributed by atoms with Crippen LogP contribution in [0.2, 0.25) is 0 Å². The van der Waals surface area contributed by atoms with Gasteiger partial charge in [-0.25, -0.2) is 0 Å². The maximum atomic E-state index is 6.36. The third kappa shape index (κ3) is 3.94. The predicted octanol–water partition coefficient (Wildman–Crippen LogP) is 12.0. The van der Waals surface area contributed by atoms with Gasteiger partial charge in [-0.15, -0.1) is 0 Å². The molecule has 1 aromatic heterocycles. The van der Waals surface area contributed by atoms with Gasteiger partial charge in [-0.05, 0) is 96.4 Å². The van der Waals surface area contributed by atoms with Gasteiger partial charge in [-0.2, -0.15) is 0 Å². The molecule has 1 heteroatoms. The van der Waals surface area contributed by atoms with E-state index in [0.29, 0.717) is 0 Å². The van der Waals surface area contributed by atoms with Gasteiger partial charge in [-0.1, -0.05) is 133 Å². The van der Waals surface area contributed by atoms with Crippen molar-refractivity contribution in [1.29, 1.82) is 0 Å². The van der Waals surface area contributed by atoms with Gasteiger partial charge in [-0.3, -0.25) is 0 Å². The van der Waals surface area contributed by atoms with E-state index in [9.17, 15) is 0 Å². The molecule has 44 heavy (non-hydrogen) atoms. The first-order chi connectivity index (χ1) is 21.8. The molecule has 0 radical (unpaired) electrons. The smallest absolute Gasteiger partial charge is 0.136 e. The molecular weight excluding hydrogens is 532 g/mol. The first kappa shape index (κ1) is 24.9. The summed E-state index contributed by atoms with van der Waals surface area (Å²) in [6.45, 7) is 0. The number of hydrogen-bond donors (Lipinski definition) is 0. The summed E-state index contributed by atoms with van der Waals surface area (Å²) in [6.07, 6.45) is 0.852. The molecular formula is C43H28O. The van der Waals surface area contributed by atoms with E-state index in [2.05, 4.69) is 158 Å². The lowest BCUT2D eigenvalue weighted by atomic mass is 9.85. The summed E-state index contributed by atoms with van der Waals surface area (Å²) in [7, 11) is 0. The molecule has 0 atom stereocenters. The van der Waals surface area contributed by atoms with Crippen LogP contribution in [0.5, 0.6) is 0 Å². The Morgan fingerprint density at radius 1 is 0.386 bits per heavy atom. The summed E-state index contributed by atoms with van der Waals surface area (Å²) in [5, 5.41) is 9.87. The summed E-state index contributed by atoms with van der Waals surface area (Å²) in [6, 6.07) is 57.0. The summed E-state index contributed by atoms with van der Waals surface area (Å²) < 4.78 is 6.36. The second-order valence-corrected chi connectivity index (χ2v) is 11.7. The highest BCUT2D eigenvalue weighted by Crippen LogP contribution is 2.43. The zero-order valence-corrected chi connectivity index (χ0v) is 24.1. The van der Waals surface area contributed by atoms with Crippen LogP contribution in [0.15, 0.2) is 162 Å². The Kier molecular flexibility index (Phi) is 5.64. The highest BCUT2D eigenvalue weighted by atomic mass is 16.3. The Morgan fingerprint density at radius 2 is 0.977 bits per heavy atom. The van der Waals surface area contributed by atoms with E-state index in [-0.39, 0.29) is 0 Å². The van der Waals surface area contributed by atoms with Crippen molar-refractivity contribution in [1.82, 2.24) is 0 Å². The molecule has 0 aliphatic carbocycles. The highest BCUT2D eigenvalue weighted by Gasteiger charge is 2.18. The summed E-state index contributed by atoms with van der Waals surface area (Å²) in [5.41, 5.74) is 9.56. The Balaban J connectivity index is 1.28. The second kappa shape index (κ2) is 9.97. The average molecular weight is 561 g/mol. The second-order valence-electron chi connectivity index (χ2n) is 11.7. The first-order valence-corrected chi connectivity index (χ1v) is 15.2. The zero-order chi connectivity index (χ0) is 29.0. The van der Waals surface area contributed by atoms with Gasteiger partial charge in [0.05, 0.1) is 0 Å². The standard InChI is InChI=1S/C43H28O/c1-2-12-28(13-3-1)33-17-7-6-16-31(33)25-38-34-18-8-10-20-36(34)43(37-21-11-9-19-35(37)38)32-22-23-41-39(26-32)40-24-29-14-4-5-15-30(29)27-42(40)44-41/h1-24,26-27H,25H2. The molecule has 0 aliphatic heterocycles. The van der Waals surface area contributed by atoms with Crippen LogP contribution in [0.3, 0.4) is 0 Å². The van der Waals surface area contributed by atoms with Crippen LogP contribution in [0, 0.1) is 0 Å². The van der Waals surface area contributed by atoms with Gasteiger partial charge in [0.1, 0.15) is 11.2 Å². The van der Waals surface area contributed by atoms with Crippen LogP contribution in [0.1, 0.15) is 11.1 Å². The monoisotopic (exact) mass is 560 g/mol. The summed E-state index contributed by atoms with van der Waals surface area (Å²) >= 11 is 0. The van der Waals surface area contributed by atoms with Crippen LogP contribution in [-0.4, -0.2) is 0 Å². The molecule has 1 heterocycles. The van der Waals surface area contributed by atoms with Gasteiger partial charge < -0.3 is 4.42 Å². The highest BCUT2D eigenvalue weighted by molar-refractivity contribution is 6.17. The maximum absolute atomic E-state index is 6.36. The van der Waals surface area contributed by atoms with Gasteiger partial charge in [0.2, 0.25) is 0 Å². The van der Waals surface area contributed by atoms with Crippen LogP contribution in [0.25, 0.3) is 76.5 Å². The molecule has 0 saturated carbocycles. The average Bonchev–Trinajstić information content (AvgIpc) is 3.44. The Hall–Kier alpha value is -5.66. The molecule has 0 bridgehead atoms. The molecule has 1 nitrogen and oxygen atoms in total. The van der Waals surface area contributed by atoms with Crippen molar-refractivity contribution in [3.63, 3.8) is 0 Å². The Labute approximate surface area is 255 Å². The van der Waals surface area contributed by atoms with E-state index in [4.69, 9.17) is 4.42 Å². The Bertz CT molecular complexity index is 2460. The van der Waals surface area contributed by atoms with Gasteiger partial charge in [0.25, 0.3) is 0 Å². The minimum absolute atomic E-state index is 0.852. The van der Waals surface area contributed by atoms with Crippen molar-refractivity contribution in [2.45, 2.75) is 6.42 Å². The number of hydrogen-bond acceptors (Lipinski definition) is 1. The zero-order valence-electron chi connectivity index (χ0n) is 24.1. The molecule has 0 spiro atoms. The lowest BCUT2D eigenvalue weighted by molar-refractivity contribution is 0.669. The molecule has 0 aliphatic rings. The van der Waals surface area contributed by atoms with Gasteiger partial charge >= 0.3 is 0 Å². The molecule has 9 aromatic rings. The molecule has 0 fully saturated rings. The fourth-order valence-electron chi connectivity index (χ4n) is 7.10. The number of fused-ring (bicyclic) bond motifs is 6. The quantitative estimate of drug-likeness (QED) is 0.195. The third-order valence-corrected chi connectivity index (χ3v) is 9.14. The van der Waals surface area contributed by atoms with E-state index in [1.165, 1.54) is 65.7 Å². The molecule has 0 amide bonds. The van der Waals surface area contributed by atoms with Crippen LogP contribution in [0.4, 0.5) is 0 Å². The van der Waals surface area contributed by atoms with Crippen molar-refractivity contribution in [3.8, 4) is 22.3 Å². The van der Waals surface area contributed by atoms with Crippen LogP contribution in [-0.2, 0) is 6.42 Å². The lowest BCUT2D eigenvalue weighted by Crippen LogP contribution is -1.97. The lowest BCUT2D eigenvalue weighted by Gasteiger charge is -2.18. The number of benzene rings is 8. The van der Waals surface area contributed by atoms with E-state index >= 15 is 0 Å². The van der Waals surface area contributed by atoms with E-state index in [1.54, 1.807) is 0 Å². The first-order valence-electron chi connectivity index (χ1n) is 15.2. The third-order valence-electron chi connectivity index (χ3n) is 9.14. The SMILES string of the molecule is c1ccc(-c2ccccc2Cc2c3ccccc3c(-c3ccc4oc5cc6ccccc6cc5c4c3)c3ccccc23)cc1. The van der Waals surface area contributed by atoms with E-state index < -0.39 is 0 Å². The van der Waals surface area contributed by atoms with Crippen LogP contribution < -0.4 is 0 Å². The minimum Gasteiger partial charge on any atom is -0.456 e. The van der Waals surface area contributed by atoms with Crippen molar-refractivity contribution in [3.05, 3.63) is 169 Å². The summed E-state index contributed by atoms with van der Waals surface area (Å²) in [5.74, 6) is 0. The maximum Gasteiger partial charge on any atom is 0.136 e. The Morgan fingerprint density at radius 3 is 1.73 bits per heavy atom. The molecule has 8 aromatic carbocycles. The van der Waals surface area contributed by atoms with Crippen molar-refractivity contribution in [2.75, 3.05) is 0 Å². The minimum atomic E-state index is 0.852. The van der Waals surface area contributed by atoms with Crippen molar-refractivity contribution < 1.29 is 4.42 Å². The van der Waals surface area contributed by atoms with E-state index in [0.717, 1.165) is 28.4 Å². The predicted molar refractivity (Wildman–Crippen MR) is 186 cm³/mol. The fourth-order valence-corrected chi connectivity index (χ4v) is 7.10. The normalized spacial score (nSPS) is 11.7. The molecule has 0 N–H and O–H groups in total. The topological polar surface area (TPSA) is 13.1 Å². The van der Waals surface area contributed by atoms with Gasteiger partial charge in [0, 0.05) is 10.8 Å². The molecule has 0 unspecified atom stereocenters. The largest absolute Gasteiger partial charge is 0.456 e. The van der Waals surface area contributed by atoms with Crippen molar-refractivity contribution in [2.24, 2.45) is 0 Å². The van der Waals surface area contributed by atoms with Gasteiger partial charge in [0.15, 0.2) is 0 Å². The number of rotatable bonds is 4.